The molecule has 0 aromatic heterocycles. The summed E-state index contributed by atoms with van der Waals surface area (Å²) >= 11 is 3.09. The van der Waals surface area contributed by atoms with E-state index in [0.717, 1.165) is 0 Å². The molecule has 0 radical (unpaired) electrons. The van der Waals surface area contributed by atoms with E-state index in [2.05, 4.69) is 15.9 Å². The summed E-state index contributed by atoms with van der Waals surface area (Å²) in [5.41, 5.74) is -0.0765. The molecular formula is C12H14BrNO5S. The molecule has 0 spiro atoms. The Bertz CT molecular complexity index is 631. The molecule has 1 aliphatic heterocycles. The summed E-state index contributed by atoms with van der Waals surface area (Å²) in [7, 11) is -3.70. The average Bonchev–Trinajstić information content (AvgIpc) is 2.38. The van der Waals surface area contributed by atoms with E-state index in [-0.39, 0.29) is 29.7 Å². The van der Waals surface area contributed by atoms with E-state index in [4.69, 9.17) is 9.84 Å². The van der Waals surface area contributed by atoms with Gasteiger partial charge in [0.1, 0.15) is 0 Å². The molecule has 1 saturated heterocycles. The van der Waals surface area contributed by atoms with E-state index in [1.807, 2.05) is 0 Å². The van der Waals surface area contributed by atoms with Gasteiger partial charge in [-0.25, -0.2) is 13.2 Å². The smallest absolute Gasteiger partial charge is 0.336 e. The lowest BCUT2D eigenvalue weighted by Crippen LogP contribution is -2.44. The average molecular weight is 364 g/mol. The van der Waals surface area contributed by atoms with Gasteiger partial charge in [0.2, 0.25) is 10.0 Å². The maximum absolute atomic E-state index is 12.5. The summed E-state index contributed by atoms with van der Waals surface area (Å²) in [5.74, 6) is -1.18. The molecule has 1 fully saturated rings. The first-order chi connectivity index (χ1) is 9.32. The summed E-state index contributed by atoms with van der Waals surface area (Å²) < 4.78 is 31.9. The minimum Gasteiger partial charge on any atom is -0.478 e. The molecule has 8 heteroatoms. The van der Waals surface area contributed by atoms with E-state index in [0.29, 0.717) is 11.1 Å². The van der Waals surface area contributed by atoms with Crippen LogP contribution < -0.4 is 0 Å². The summed E-state index contributed by atoms with van der Waals surface area (Å²) in [6, 6.07) is 3.99. The van der Waals surface area contributed by atoms with Crippen molar-refractivity contribution in [2.24, 2.45) is 0 Å². The fourth-order valence-corrected chi connectivity index (χ4v) is 3.92. The molecule has 0 saturated carbocycles. The Kier molecular flexibility index (Phi) is 4.48. The van der Waals surface area contributed by atoms with E-state index in [1.165, 1.54) is 22.5 Å². The highest BCUT2D eigenvalue weighted by Crippen LogP contribution is 2.24. The number of rotatable bonds is 3. The van der Waals surface area contributed by atoms with Crippen molar-refractivity contribution in [2.45, 2.75) is 17.9 Å². The first-order valence-electron chi connectivity index (χ1n) is 5.97. The molecule has 110 valence electrons. The van der Waals surface area contributed by atoms with Crippen LogP contribution in [0.3, 0.4) is 0 Å². The van der Waals surface area contributed by atoms with Crippen LogP contribution >= 0.6 is 15.9 Å². The first-order valence-corrected chi connectivity index (χ1v) is 8.20. The zero-order chi connectivity index (χ0) is 14.9. The lowest BCUT2D eigenvalue weighted by molar-refractivity contribution is 0.0102. The third-order valence-electron chi connectivity index (χ3n) is 3.01. The lowest BCUT2D eigenvalue weighted by Gasteiger charge is -2.30. The second-order valence-electron chi connectivity index (χ2n) is 4.49. The number of morpholine rings is 1. The summed E-state index contributed by atoms with van der Waals surface area (Å²) in [5, 5.41) is 9.05. The van der Waals surface area contributed by atoms with Gasteiger partial charge in [-0.1, -0.05) is 0 Å². The van der Waals surface area contributed by atoms with Crippen molar-refractivity contribution in [1.29, 1.82) is 0 Å². The number of nitrogens with zero attached hydrogens (tertiary/aromatic N) is 1. The van der Waals surface area contributed by atoms with Crippen molar-refractivity contribution in [1.82, 2.24) is 4.31 Å². The molecule has 1 aliphatic rings. The molecule has 1 N–H and O–H groups in total. The second kappa shape index (κ2) is 5.80. The van der Waals surface area contributed by atoms with Gasteiger partial charge in [0.25, 0.3) is 0 Å². The molecule has 0 aliphatic carbocycles. The van der Waals surface area contributed by atoms with E-state index in [9.17, 15) is 13.2 Å². The van der Waals surface area contributed by atoms with E-state index < -0.39 is 16.0 Å². The number of sulfonamides is 1. The van der Waals surface area contributed by atoms with Crippen LogP contribution in [0.15, 0.2) is 27.6 Å². The fourth-order valence-electron chi connectivity index (χ4n) is 1.98. The summed E-state index contributed by atoms with van der Waals surface area (Å²) in [6.45, 7) is 2.67. The van der Waals surface area contributed by atoms with Gasteiger partial charge < -0.3 is 9.84 Å². The molecule has 0 amide bonds. The second-order valence-corrected chi connectivity index (χ2v) is 7.28. The van der Waals surface area contributed by atoms with Crippen LogP contribution in [0.1, 0.15) is 17.3 Å². The molecule has 1 unspecified atom stereocenters. The molecular weight excluding hydrogens is 350 g/mol. The lowest BCUT2D eigenvalue weighted by atomic mass is 10.2. The Balaban J connectivity index is 2.39. The number of carbonyl (C=O) groups is 1. The van der Waals surface area contributed by atoms with Gasteiger partial charge in [-0.15, -0.1) is 0 Å². The van der Waals surface area contributed by atoms with Crippen molar-refractivity contribution in [3.05, 3.63) is 28.2 Å². The van der Waals surface area contributed by atoms with Crippen molar-refractivity contribution in [3.63, 3.8) is 0 Å². The SMILES string of the molecule is CC1CN(S(=O)(=O)c2ccc(Br)c(C(=O)O)c2)CCO1. The normalized spacial score (nSPS) is 20.8. The molecule has 0 bridgehead atoms. The van der Waals surface area contributed by atoms with E-state index >= 15 is 0 Å². The van der Waals surface area contributed by atoms with Gasteiger partial charge in [0.15, 0.2) is 0 Å². The van der Waals surface area contributed by atoms with Crippen LogP contribution in [-0.2, 0) is 14.8 Å². The van der Waals surface area contributed by atoms with Gasteiger partial charge in [-0.2, -0.15) is 4.31 Å². The zero-order valence-electron chi connectivity index (χ0n) is 10.7. The van der Waals surface area contributed by atoms with Crippen LogP contribution in [0.5, 0.6) is 0 Å². The molecule has 20 heavy (non-hydrogen) atoms. The van der Waals surface area contributed by atoms with Crippen LogP contribution in [0.4, 0.5) is 0 Å². The number of halogens is 1. The molecule has 1 aromatic carbocycles. The maximum atomic E-state index is 12.5. The summed E-state index contributed by atoms with van der Waals surface area (Å²) in [4.78, 5) is 11.0. The zero-order valence-corrected chi connectivity index (χ0v) is 13.1. The predicted octanol–water partition coefficient (Wildman–Crippen LogP) is 1.56. The highest BCUT2D eigenvalue weighted by atomic mass is 79.9. The Hall–Kier alpha value is -0.960. The summed E-state index contributed by atoms with van der Waals surface area (Å²) in [6.07, 6.45) is -0.173. The van der Waals surface area contributed by atoms with Crippen molar-refractivity contribution < 1.29 is 23.1 Å². The van der Waals surface area contributed by atoms with Crippen LogP contribution in [0.2, 0.25) is 0 Å². The van der Waals surface area contributed by atoms with Crippen LogP contribution in [0.25, 0.3) is 0 Å². The topological polar surface area (TPSA) is 83.9 Å². The minimum atomic E-state index is -3.70. The number of hydrogen-bond donors (Lipinski definition) is 1. The molecule has 1 heterocycles. The quantitative estimate of drug-likeness (QED) is 0.880. The van der Waals surface area contributed by atoms with Crippen molar-refractivity contribution >= 4 is 31.9 Å². The fraction of sp³-hybridized carbons (Fsp3) is 0.417. The number of aromatic carboxylic acids is 1. The van der Waals surface area contributed by atoms with Crippen molar-refractivity contribution in [2.75, 3.05) is 19.7 Å². The third kappa shape index (κ3) is 3.03. The van der Waals surface area contributed by atoms with Gasteiger partial charge in [-0.05, 0) is 41.1 Å². The van der Waals surface area contributed by atoms with Gasteiger partial charge in [0, 0.05) is 17.6 Å². The number of carboxylic acid groups (broad SMARTS) is 1. The van der Waals surface area contributed by atoms with E-state index in [1.54, 1.807) is 6.92 Å². The molecule has 2 rings (SSSR count). The maximum Gasteiger partial charge on any atom is 0.336 e. The van der Waals surface area contributed by atoms with Gasteiger partial charge in [-0.3, -0.25) is 0 Å². The molecule has 1 aromatic rings. The Morgan fingerprint density at radius 2 is 2.20 bits per heavy atom. The minimum absolute atomic E-state index is 0.0211. The standard InChI is InChI=1S/C12H14BrNO5S/c1-8-7-14(4-5-19-8)20(17,18)9-2-3-11(13)10(6-9)12(15)16/h2-3,6,8H,4-5,7H2,1H3,(H,15,16). The number of benzene rings is 1. The highest BCUT2D eigenvalue weighted by molar-refractivity contribution is 9.10. The number of ether oxygens (including phenoxy) is 1. The Labute approximate surface area is 125 Å². The first kappa shape index (κ1) is 15.4. The van der Waals surface area contributed by atoms with Crippen molar-refractivity contribution in [3.8, 4) is 0 Å². The predicted molar refractivity (Wildman–Crippen MR) is 75.3 cm³/mol. The number of hydrogen-bond acceptors (Lipinski definition) is 4. The highest BCUT2D eigenvalue weighted by Gasteiger charge is 2.29. The largest absolute Gasteiger partial charge is 0.478 e. The van der Waals surface area contributed by atoms with Gasteiger partial charge in [0.05, 0.1) is 23.2 Å². The van der Waals surface area contributed by atoms with Crippen LogP contribution in [0, 0.1) is 0 Å². The monoisotopic (exact) mass is 363 g/mol. The Morgan fingerprint density at radius 3 is 2.80 bits per heavy atom. The van der Waals surface area contributed by atoms with Crippen LogP contribution in [-0.4, -0.2) is 49.6 Å². The molecule has 1 atom stereocenters. The van der Waals surface area contributed by atoms with Gasteiger partial charge >= 0.3 is 5.97 Å². The molecule has 6 nitrogen and oxygen atoms in total. The Morgan fingerprint density at radius 1 is 1.50 bits per heavy atom. The third-order valence-corrected chi connectivity index (χ3v) is 5.56. The number of carboxylic acids is 1.